The number of phosphoric ester groups is 1. The van der Waals surface area contributed by atoms with Gasteiger partial charge in [-0.3, -0.25) is 27.8 Å². The van der Waals surface area contributed by atoms with Gasteiger partial charge in [-0.15, -0.1) is 0 Å². The molecule has 5 atom stereocenters. The van der Waals surface area contributed by atoms with Crippen molar-refractivity contribution in [3.8, 4) is 0 Å². The van der Waals surface area contributed by atoms with E-state index < -0.39 is 59.7 Å². The zero-order chi connectivity index (χ0) is 22.2. The molecule has 3 N–H and O–H groups in total. The van der Waals surface area contributed by atoms with E-state index in [4.69, 9.17) is 10.5 Å². The van der Waals surface area contributed by atoms with Crippen molar-refractivity contribution in [1.29, 1.82) is 0 Å². The topological polar surface area (TPSA) is 261 Å². The predicted molar refractivity (Wildman–Crippen MR) is 83.5 cm³/mol. The van der Waals surface area contributed by atoms with Gasteiger partial charge in [0.05, 0.1) is 20.5 Å². The highest BCUT2D eigenvalue weighted by Gasteiger charge is 2.36. The smallest absolute Gasteiger partial charge is 0.330 e. The summed E-state index contributed by atoms with van der Waals surface area (Å²) in [7, 11) is -17.9. The lowest BCUT2D eigenvalue weighted by Gasteiger charge is -2.37. The minimum atomic E-state index is -6.10. The largest absolute Gasteiger partial charge is 0.790 e. The number of ether oxygens (including phenoxy) is 1. The van der Waals surface area contributed by atoms with Gasteiger partial charge < -0.3 is 39.1 Å². The Morgan fingerprint density at radius 3 is 2.41 bits per heavy atom. The first-order valence-electron chi connectivity index (χ1n) is 7.53. The molecule has 1 aliphatic heterocycles. The monoisotopic (exact) mass is 477 g/mol. The zero-order valence-electron chi connectivity index (χ0n) is 14.4. The Bertz CT molecular complexity index is 1010. The van der Waals surface area contributed by atoms with E-state index in [9.17, 15) is 42.9 Å². The van der Waals surface area contributed by atoms with Crippen LogP contribution in [0.1, 0.15) is 18.2 Å². The molecule has 19 heteroatoms. The lowest BCUT2D eigenvalue weighted by atomic mass is 10.1. The number of nitrogens with two attached hydrogens (primary N) is 1. The molecule has 1 aromatic heterocycles. The number of nitrogens with zero attached hydrogens (tertiary/aromatic N) is 1. The van der Waals surface area contributed by atoms with Crippen molar-refractivity contribution < 1.29 is 51.2 Å². The standard InChI is InChI=1S/C10H18N3O13P3/c1-5-3-13(10(15)12-9(5)14)8-2-6(11)7(24-8)4-23-28(19,20)26-29(21,22)25-27(16,17)18/h3,6-8H,2,4,11H2,1H3,(H,19,20)(H,21,22)(H,12,14,15)(H2,16,17,18)/p-4. The van der Waals surface area contributed by atoms with Crippen molar-refractivity contribution in [3.63, 3.8) is 0 Å². The van der Waals surface area contributed by atoms with Gasteiger partial charge in [0, 0.05) is 24.2 Å². The molecule has 5 unspecified atom stereocenters. The number of aromatic amines is 1. The summed E-state index contributed by atoms with van der Waals surface area (Å²) >= 11 is 0. The van der Waals surface area contributed by atoms with Crippen LogP contribution in [0.3, 0.4) is 0 Å². The Labute approximate surface area is 161 Å². The third kappa shape index (κ3) is 7.03. The van der Waals surface area contributed by atoms with E-state index in [-0.39, 0.29) is 12.0 Å². The lowest BCUT2D eigenvalue weighted by Crippen LogP contribution is -2.34. The van der Waals surface area contributed by atoms with Gasteiger partial charge >= 0.3 is 5.69 Å². The highest BCUT2D eigenvalue weighted by atomic mass is 31.3. The highest BCUT2D eigenvalue weighted by Crippen LogP contribution is 2.60. The Morgan fingerprint density at radius 2 is 1.83 bits per heavy atom. The number of aromatic nitrogens is 2. The van der Waals surface area contributed by atoms with Gasteiger partial charge in [-0.25, -0.2) is 9.11 Å². The first-order chi connectivity index (χ1) is 13.1. The van der Waals surface area contributed by atoms with Crippen molar-refractivity contribution in [2.24, 2.45) is 5.73 Å². The minimum absolute atomic E-state index is 0.00212. The van der Waals surface area contributed by atoms with Crippen LogP contribution in [0.15, 0.2) is 15.8 Å². The van der Waals surface area contributed by atoms with E-state index >= 15 is 0 Å². The summed E-state index contributed by atoms with van der Waals surface area (Å²) in [5.74, 6) is 0. The van der Waals surface area contributed by atoms with Gasteiger partial charge in [0.2, 0.25) is 0 Å². The quantitative estimate of drug-likeness (QED) is 0.341. The van der Waals surface area contributed by atoms with E-state index in [0.29, 0.717) is 0 Å². The fourth-order valence-corrected chi connectivity index (χ4v) is 5.20. The first-order valence-corrected chi connectivity index (χ1v) is 11.9. The average Bonchev–Trinajstić information content (AvgIpc) is 2.86. The zero-order valence-corrected chi connectivity index (χ0v) is 17.1. The van der Waals surface area contributed by atoms with Gasteiger partial charge in [0.15, 0.2) is 0 Å². The van der Waals surface area contributed by atoms with Crippen LogP contribution in [0, 0.1) is 6.92 Å². The molecule has 0 aliphatic carbocycles. The van der Waals surface area contributed by atoms with Gasteiger partial charge in [0.1, 0.15) is 6.23 Å². The van der Waals surface area contributed by atoms with Crippen LogP contribution >= 0.6 is 23.5 Å². The molecule has 1 saturated heterocycles. The van der Waals surface area contributed by atoms with E-state index in [1.165, 1.54) is 13.1 Å². The van der Waals surface area contributed by atoms with Gasteiger partial charge in [-0.05, 0) is 6.92 Å². The Balaban J connectivity index is 2.03. The van der Waals surface area contributed by atoms with E-state index in [2.05, 4.69) is 13.1 Å². The highest BCUT2D eigenvalue weighted by molar-refractivity contribution is 7.64. The summed E-state index contributed by atoms with van der Waals surface area (Å²) < 4.78 is 50.0. The second-order valence-electron chi connectivity index (χ2n) is 5.81. The van der Waals surface area contributed by atoms with E-state index in [1.54, 1.807) is 0 Å². The summed E-state index contributed by atoms with van der Waals surface area (Å²) in [6, 6.07) is -0.877. The molecule has 2 heterocycles. The van der Waals surface area contributed by atoms with Gasteiger partial charge in [-0.2, -0.15) is 0 Å². The van der Waals surface area contributed by atoms with Crippen LogP contribution in [-0.2, 0) is 31.6 Å². The Morgan fingerprint density at radius 1 is 1.21 bits per heavy atom. The fraction of sp³-hybridized carbons (Fsp3) is 0.600. The minimum Gasteiger partial charge on any atom is -0.790 e. The molecule has 0 radical (unpaired) electrons. The van der Waals surface area contributed by atoms with Crippen LogP contribution in [0.5, 0.6) is 0 Å². The molecule has 16 nitrogen and oxygen atoms in total. The molecule has 1 aliphatic rings. The Kier molecular flexibility index (Phi) is 7.23. The molecule has 166 valence electrons. The number of nitrogens with one attached hydrogen (secondary N) is 1. The second-order valence-corrected chi connectivity index (χ2v) is 10.1. The van der Waals surface area contributed by atoms with Crippen LogP contribution < -0.4 is 36.6 Å². The molecule has 2 rings (SSSR count). The summed E-state index contributed by atoms with van der Waals surface area (Å²) in [4.78, 5) is 68.5. The molecule has 29 heavy (non-hydrogen) atoms. The molecular formula is C10H14N3O13P3-4. The summed E-state index contributed by atoms with van der Waals surface area (Å²) in [5, 5.41) is 0. The van der Waals surface area contributed by atoms with E-state index in [0.717, 1.165) is 4.57 Å². The van der Waals surface area contributed by atoms with Gasteiger partial charge in [-0.1, -0.05) is 0 Å². The number of H-pyrrole nitrogens is 1. The molecule has 0 spiro atoms. The summed E-state index contributed by atoms with van der Waals surface area (Å²) in [6.45, 7) is 0.559. The molecule has 0 aromatic carbocycles. The van der Waals surface area contributed by atoms with Gasteiger partial charge in [0.25, 0.3) is 21.2 Å². The SMILES string of the molecule is Cc1cn(C2CC(N)C(COP(=O)([O-])OP(=O)([O-])OP(=O)([O-])[O-])O2)c(=O)[nH]c1=O. The summed E-state index contributed by atoms with van der Waals surface area (Å²) in [6.07, 6.45) is -0.947. The van der Waals surface area contributed by atoms with Crippen LogP contribution in [0.4, 0.5) is 0 Å². The van der Waals surface area contributed by atoms with Crippen molar-refractivity contribution in [2.75, 3.05) is 6.61 Å². The fourth-order valence-electron chi connectivity index (χ4n) is 2.33. The predicted octanol–water partition coefficient (Wildman–Crippen LogP) is -3.72. The van der Waals surface area contributed by atoms with Crippen LogP contribution in [0.2, 0.25) is 0 Å². The third-order valence-electron chi connectivity index (χ3n) is 3.54. The van der Waals surface area contributed by atoms with Crippen molar-refractivity contribution in [3.05, 3.63) is 32.6 Å². The number of hydrogen-bond acceptors (Lipinski definition) is 14. The van der Waals surface area contributed by atoms with Crippen molar-refractivity contribution in [2.45, 2.75) is 31.7 Å². The number of rotatable bonds is 8. The Hall–Kier alpha value is -0.990. The average molecular weight is 477 g/mol. The normalized spacial score (nSPS) is 26.8. The number of phosphoric acid groups is 3. The third-order valence-corrected chi connectivity index (χ3v) is 7.20. The van der Waals surface area contributed by atoms with Crippen molar-refractivity contribution >= 4 is 23.5 Å². The number of aryl methyl sites for hydroxylation is 1. The molecule has 1 aromatic rings. The van der Waals surface area contributed by atoms with Crippen molar-refractivity contribution in [1.82, 2.24) is 9.55 Å². The first kappa shape index (κ1) is 24.3. The maximum Gasteiger partial charge on any atom is 0.330 e. The second kappa shape index (κ2) is 8.63. The lowest BCUT2D eigenvalue weighted by molar-refractivity contribution is -0.339. The maximum atomic E-state index is 11.9. The molecule has 1 fully saturated rings. The number of hydrogen-bond donors (Lipinski definition) is 2. The maximum absolute atomic E-state index is 11.9. The van der Waals surface area contributed by atoms with E-state index in [1.807, 2.05) is 4.98 Å². The van der Waals surface area contributed by atoms with Crippen LogP contribution in [0.25, 0.3) is 0 Å². The molecule has 0 amide bonds. The molecular weight excluding hydrogens is 463 g/mol. The van der Waals surface area contributed by atoms with Crippen LogP contribution in [-0.4, -0.2) is 28.3 Å². The molecule has 0 bridgehead atoms. The summed E-state index contributed by atoms with van der Waals surface area (Å²) in [5.41, 5.74) is 4.56. The molecule has 0 saturated carbocycles.